The van der Waals surface area contributed by atoms with Crippen molar-refractivity contribution in [1.82, 2.24) is 4.98 Å². The van der Waals surface area contributed by atoms with Crippen LogP contribution in [0.3, 0.4) is 0 Å². The van der Waals surface area contributed by atoms with Crippen molar-refractivity contribution >= 4 is 22.5 Å². The molecule has 0 aliphatic heterocycles. The number of hydrogen-bond donors (Lipinski definition) is 1. The van der Waals surface area contributed by atoms with Crippen LogP contribution in [0.5, 0.6) is 0 Å². The maximum absolute atomic E-state index is 13.8. The summed E-state index contributed by atoms with van der Waals surface area (Å²) in [5, 5.41) is 3.46. The molecule has 128 valence electrons. The maximum Gasteiger partial charge on any atom is 0.228 e. The van der Waals surface area contributed by atoms with E-state index < -0.39 is 5.82 Å². The lowest BCUT2D eigenvalue weighted by Gasteiger charge is -2.19. The van der Waals surface area contributed by atoms with Gasteiger partial charge in [0.1, 0.15) is 11.3 Å². The number of anilines is 1. The highest BCUT2D eigenvalue weighted by atomic mass is 19.1. The minimum absolute atomic E-state index is 0.0841. The molecule has 0 aliphatic carbocycles. The molecule has 3 nitrogen and oxygen atoms in total. The van der Waals surface area contributed by atoms with Gasteiger partial charge in [-0.05, 0) is 28.7 Å². The van der Waals surface area contributed by atoms with Crippen molar-refractivity contribution in [2.24, 2.45) is 0 Å². The Morgan fingerprint density at radius 3 is 2.48 bits per heavy atom. The van der Waals surface area contributed by atoms with Crippen LogP contribution >= 0.6 is 0 Å². The van der Waals surface area contributed by atoms with Crippen LogP contribution in [0.25, 0.3) is 10.9 Å². The molecule has 2 aromatic carbocycles. The SMILES string of the molecule is CC(C)(C)c1ccc(CC(=O)Nc2ccnc3c(F)cccc23)cc1. The highest BCUT2D eigenvalue weighted by molar-refractivity contribution is 6.01. The largest absolute Gasteiger partial charge is 0.325 e. The Kier molecular flexibility index (Phi) is 4.53. The molecular weight excluding hydrogens is 315 g/mol. The van der Waals surface area contributed by atoms with Crippen LogP contribution in [0.1, 0.15) is 31.9 Å². The van der Waals surface area contributed by atoms with E-state index in [1.807, 2.05) is 12.1 Å². The monoisotopic (exact) mass is 336 g/mol. The smallest absolute Gasteiger partial charge is 0.228 e. The fraction of sp³-hybridized carbons (Fsp3) is 0.238. The normalized spacial score (nSPS) is 11.5. The van der Waals surface area contributed by atoms with Gasteiger partial charge in [-0.1, -0.05) is 57.2 Å². The predicted octanol–water partition coefficient (Wildman–Crippen LogP) is 4.85. The molecule has 0 spiro atoms. The van der Waals surface area contributed by atoms with E-state index in [0.717, 1.165) is 5.56 Å². The van der Waals surface area contributed by atoms with Gasteiger partial charge < -0.3 is 5.32 Å². The predicted molar refractivity (Wildman–Crippen MR) is 99.2 cm³/mol. The fourth-order valence-corrected chi connectivity index (χ4v) is 2.75. The Bertz CT molecular complexity index is 911. The van der Waals surface area contributed by atoms with Gasteiger partial charge in [0.15, 0.2) is 0 Å². The second-order valence-electron chi connectivity index (χ2n) is 7.17. The summed E-state index contributed by atoms with van der Waals surface area (Å²) in [4.78, 5) is 16.4. The average molecular weight is 336 g/mol. The first-order valence-electron chi connectivity index (χ1n) is 8.27. The zero-order valence-corrected chi connectivity index (χ0v) is 14.6. The molecule has 0 atom stereocenters. The molecule has 3 rings (SSSR count). The molecule has 1 aromatic heterocycles. The first-order chi connectivity index (χ1) is 11.8. The van der Waals surface area contributed by atoms with Crippen LogP contribution in [0.2, 0.25) is 0 Å². The Morgan fingerprint density at radius 1 is 1.08 bits per heavy atom. The molecule has 0 fully saturated rings. The number of nitrogens with one attached hydrogen (secondary N) is 1. The summed E-state index contributed by atoms with van der Waals surface area (Å²) in [6.07, 6.45) is 1.77. The average Bonchev–Trinajstić information content (AvgIpc) is 2.55. The van der Waals surface area contributed by atoms with Gasteiger partial charge in [-0.15, -0.1) is 0 Å². The second kappa shape index (κ2) is 6.63. The molecular formula is C21H21FN2O. The van der Waals surface area contributed by atoms with Crippen LogP contribution in [0.4, 0.5) is 10.1 Å². The number of carbonyl (C=O) groups excluding carboxylic acids is 1. The van der Waals surface area contributed by atoms with Gasteiger partial charge in [0.05, 0.1) is 12.1 Å². The number of halogens is 1. The fourth-order valence-electron chi connectivity index (χ4n) is 2.75. The molecule has 0 saturated heterocycles. The number of rotatable bonds is 3. The minimum atomic E-state index is -0.397. The van der Waals surface area contributed by atoms with Crippen molar-refractivity contribution in [3.8, 4) is 0 Å². The summed E-state index contributed by atoms with van der Waals surface area (Å²) < 4.78 is 13.8. The van der Waals surface area contributed by atoms with Crippen LogP contribution in [-0.2, 0) is 16.6 Å². The van der Waals surface area contributed by atoms with E-state index in [9.17, 15) is 9.18 Å². The molecule has 0 aliphatic rings. The number of para-hydroxylation sites is 1. The van der Waals surface area contributed by atoms with Crippen LogP contribution in [0.15, 0.2) is 54.7 Å². The topological polar surface area (TPSA) is 42.0 Å². The van der Waals surface area contributed by atoms with Crippen molar-refractivity contribution in [3.63, 3.8) is 0 Å². The van der Waals surface area contributed by atoms with Crippen LogP contribution in [-0.4, -0.2) is 10.9 Å². The third-order valence-electron chi connectivity index (χ3n) is 4.18. The highest BCUT2D eigenvalue weighted by Crippen LogP contribution is 2.24. The quantitative estimate of drug-likeness (QED) is 0.743. The van der Waals surface area contributed by atoms with Gasteiger partial charge in [-0.2, -0.15) is 0 Å². The zero-order chi connectivity index (χ0) is 18.0. The summed E-state index contributed by atoms with van der Waals surface area (Å²) in [6.45, 7) is 6.47. The number of hydrogen-bond acceptors (Lipinski definition) is 2. The summed E-state index contributed by atoms with van der Waals surface area (Å²) in [5.74, 6) is -0.536. The summed E-state index contributed by atoms with van der Waals surface area (Å²) in [5.41, 5.74) is 3.08. The minimum Gasteiger partial charge on any atom is -0.325 e. The van der Waals surface area contributed by atoms with Crippen molar-refractivity contribution in [1.29, 1.82) is 0 Å². The van der Waals surface area contributed by atoms with Gasteiger partial charge in [0, 0.05) is 11.6 Å². The molecule has 1 heterocycles. The number of nitrogens with zero attached hydrogens (tertiary/aromatic N) is 1. The number of fused-ring (bicyclic) bond motifs is 1. The molecule has 0 radical (unpaired) electrons. The Hall–Kier alpha value is -2.75. The van der Waals surface area contributed by atoms with Crippen molar-refractivity contribution in [2.45, 2.75) is 32.6 Å². The number of carbonyl (C=O) groups is 1. The van der Waals surface area contributed by atoms with E-state index in [0.29, 0.717) is 11.1 Å². The first kappa shape index (κ1) is 17.1. The van der Waals surface area contributed by atoms with Crippen LogP contribution in [0, 0.1) is 5.82 Å². The van der Waals surface area contributed by atoms with Crippen molar-refractivity contribution < 1.29 is 9.18 Å². The molecule has 0 bridgehead atoms. The number of pyridine rings is 1. The van der Waals surface area contributed by atoms with Gasteiger partial charge in [-0.25, -0.2) is 4.39 Å². The number of benzene rings is 2. The first-order valence-corrected chi connectivity index (χ1v) is 8.27. The van der Waals surface area contributed by atoms with Gasteiger partial charge in [0.2, 0.25) is 5.91 Å². The lowest BCUT2D eigenvalue weighted by atomic mass is 9.86. The van der Waals surface area contributed by atoms with Gasteiger partial charge in [0.25, 0.3) is 0 Å². The van der Waals surface area contributed by atoms with Crippen molar-refractivity contribution in [2.75, 3.05) is 5.32 Å². The third kappa shape index (κ3) is 3.85. The number of aromatic nitrogens is 1. The maximum atomic E-state index is 13.8. The van der Waals surface area contributed by atoms with E-state index in [-0.39, 0.29) is 23.3 Å². The Balaban J connectivity index is 1.76. The van der Waals surface area contributed by atoms with Gasteiger partial charge >= 0.3 is 0 Å². The standard InChI is InChI=1S/C21H21FN2O/c1-21(2,3)15-9-7-14(8-10-15)13-19(25)24-18-11-12-23-20-16(18)5-4-6-17(20)22/h4-12H,13H2,1-3H3,(H,23,24,25). The number of amides is 1. The molecule has 3 aromatic rings. The molecule has 4 heteroatoms. The third-order valence-corrected chi connectivity index (χ3v) is 4.18. The second-order valence-corrected chi connectivity index (χ2v) is 7.17. The Morgan fingerprint density at radius 2 is 1.80 bits per heavy atom. The Labute approximate surface area is 146 Å². The molecule has 0 saturated carbocycles. The van der Waals surface area contributed by atoms with Crippen LogP contribution < -0.4 is 5.32 Å². The van der Waals surface area contributed by atoms with E-state index in [2.05, 4.69) is 43.2 Å². The molecule has 25 heavy (non-hydrogen) atoms. The van der Waals surface area contributed by atoms with Crippen molar-refractivity contribution in [3.05, 3.63) is 71.7 Å². The van der Waals surface area contributed by atoms with E-state index in [1.54, 1.807) is 18.2 Å². The summed E-state index contributed by atoms with van der Waals surface area (Å²) in [7, 11) is 0. The zero-order valence-electron chi connectivity index (χ0n) is 14.6. The highest BCUT2D eigenvalue weighted by Gasteiger charge is 2.14. The van der Waals surface area contributed by atoms with Gasteiger partial charge in [-0.3, -0.25) is 9.78 Å². The van der Waals surface area contributed by atoms with E-state index in [4.69, 9.17) is 0 Å². The molecule has 1 amide bonds. The molecule has 1 N–H and O–H groups in total. The summed E-state index contributed by atoms with van der Waals surface area (Å²) in [6, 6.07) is 14.5. The van der Waals surface area contributed by atoms with E-state index in [1.165, 1.54) is 17.8 Å². The van der Waals surface area contributed by atoms with E-state index >= 15 is 0 Å². The lowest BCUT2D eigenvalue weighted by Crippen LogP contribution is -2.15. The lowest BCUT2D eigenvalue weighted by molar-refractivity contribution is -0.115. The summed E-state index contributed by atoms with van der Waals surface area (Å²) >= 11 is 0. The molecule has 0 unspecified atom stereocenters.